The number of nitrogens with zero attached hydrogens (tertiary/aromatic N) is 2. The number of esters is 1. The maximum absolute atomic E-state index is 13.0. The van der Waals surface area contributed by atoms with Gasteiger partial charge in [0.2, 0.25) is 5.43 Å². The summed E-state index contributed by atoms with van der Waals surface area (Å²) in [5.74, 6) is -0.614. The molecule has 0 bridgehead atoms. The van der Waals surface area contributed by atoms with E-state index in [-0.39, 0.29) is 17.6 Å². The Hall–Kier alpha value is -3.73. The van der Waals surface area contributed by atoms with E-state index in [2.05, 4.69) is 4.98 Å². The number of aromatic nitrogens is 2. The summed E-state index contributed by atoms with van der Waals surface area (Å²) in [5, 5.41) is 0.465. The fourth-order valence-corrected chi connectivity index (χ4v) is 3.21. The largest absolute Gasteiger partial charge is 0.462 e. The summed E-state index contributed by atoms with van der Waals surface area (Å²) >= 11 is 0. The minimum atomic E-state index is -0.614. The van der Waals surface area contributed by atoms with E-state index < -0.39 is 5.97 Å². The third-order valence-corrected chi connectivity index (χ3v) is 4.55. The summed E-state index contributed by atoms with van der Waals surface area (Å²) < 4.78 is 6.94. The van der Waals surface area contributed by atoms with Gasteiger partial charge in [0.05, 0.1) is 12.1 Å². The Labute approximate surface area is 161 Å². The normalized spacial score (nSPS) is 10.8. The highest BCUT2D eigenvalue weighted by Gasteiger charge is 2.17. The van der Waals surface area contributed by atoms with Crippen molar-refractivity contribution < 1.29 is 9.53 Å². The molecule has 28 heavy (non-hydrogen) atoms. The Morgan fingerprint density at radius 3 is 2.46 bits per heavy atom. The first-order chi connectivity index (χ1) is 13.7. The Morgan fingerprint density at radius 1 is 1.00 bits per heavy atom. The van der Waals surface area contributed by atoms with Crippen LogP contribution in [0.25, 0.3) is 27.7 Å². The molecule has 4 aromatic rings. The van der Waals surface area contributed by atoms with Crippen LogP contribution in [-0.2, 0) is 4.74 Å². The van der Waals surface area contributed by atoms with E-state index >= 15 is 0 Å². The molecule has 0 aliphatic heterocycles. The van der Waals surface area contributed by atoms with Gasteiger partial charge in [-0.2, -0.15) is 0 Å². The fraction of sp³-hybridized carbons (Fsp3) is 0.0870. The van der Waals surface area contributed by atoms with Crippen molar-refractivity contribution in [3.8, 4) is 16.8 Å². The van der Waals surface area contributed by atoms with Crippen LogP contribution < -0.4 is 5.43 Å². The smallest absolute Gasteiger partial charge is 0.343 e. The zero-order valence-corrected chi connectivity index (χ0v) is 15.3. The lowest BCUT2D eigenvalue weighted by Gasteiger charge is -2.14. The molecule has 0 saturated carbocycles. The number of pyridine rings is 2. The van der Waals surface area contributed by atoms with Crippen LogP contribution >= 0.6 is 0 Å². The Kier molecular flexibility index (Phi) is 4.72. The molecule has 0 fully saturated rings. The van der Waals surface area contributed by atoms with Gasteiger partial charge in [0.15, 0.2) is 0 Å². The van der Waals surface area contributed by atoms with E-state index in [0.717, 1.165) is 22.3 Å². The van der Waals surface area contributed by atoms with Gasteiger partial charge in [-0.15, -0.1) is 0 Å². The van der Waals surface area contributed by atoms with Gasteiger partial charge in [-0.3, -0.25) is 9.78 Å². The maximum atomic E-state index is 13.0. The first-order valence-corrected chi connectivity index (χ1v) is 9.01. The van der Waals surface area contributed by atoms with Crippen LogP contribution in [0.2, 0.25) is 0 Å². The van der Waals surface area contributed by atoms with Crippen molar-refractivity contribution in [1.29, 1.82) is 0 Å². The molecule has 2 aromatic carbocycles. The second-order valence-electron chi connectivity index (χ2n) is 6.27. The molecule has 0 radical (unpaired) electrons. The van der Waals surface area contributed by atoms with Crippen molar-refractivity contribution in [2.45, 2.75) is 6.92 Å². The first-order valence-electron chi connectivity index (χ1n) is 9.01. The molecular weight excluding hydrogens is 352 g/mol. The molecule has 0 unspecified atom stereocenters. The SMILES string of the molecule is CCOC(=O)c1cn(-c2ccccc2)c2cc(-c3ccncc3)ccc2c1=O. The second-order valence-corrected chi connectivity index (χ2v) is 6.27. The van der Waals surface area contributed by atoms with E-state index in [4.69, 9.17) is 4.74 Å². The minimum Gasteiger partial charge on any atom is -0.462 e. The van der Waals surface area contributed by atoms with Crippen LogP contribution in [-0.4, -0.2) is 22.1 Å². The molecule has 0 spiro atoms. The molecule has 2 heterocycles. The third-order valence-electron chi connectivity index (χ3n) is 4.55. The van der Waals surface area contributed by atoms with E-state index in [9.17, 15) is 9.59 Å². The van der Waals surface area contributed by atoms with Crippen LogP contribution in [0.5, 0.6) is 0 Å². The van der Waals surface area contributed by atoms with Crippen molar-refractivity contribution in [3.05, 3.63) is 95.0 Å². The summed E-state index contributed by atoms with van der Waals surface area (Å²) in [7, 11) is 0. The molecule has 5 nitrogen and oxygen atoms in total. The number of carbonyl (C=O) groups is 1. The molecule has 0 aliphatic rings. The Balaban J connectivity index is 2.02. The molecule has 2 aromatic heterocycles. The second kappa shape index (κ2) is 7.48. The first kappa shape index (κ1) is 17.7. The van der Waals surface area contributed by atoms with Gasteiger partial charge >= 0.3 is 5.97 Å². The number of hydrogen-bond acceptors (Lipinski definition) is 4. The van der Waals surface area contributed by atoms with Gasteiger partial charge in [-0.1, -0.05) is 24.3 Å². The summed E-state index contributed by atoms with van der Waals surface area (Å²) in [6.45, 7) is 1.93. The molecule has 138 valence electrons. The predicted octanol–water partition coefficient (Wildman–Crippen LogP) is 4.23. The van der Waals surface area contributed by atoms with Crippen LogP contribution in [0.1, 0.15) is 17.3 Å². The summed E-state index contributed by atoms with van der Waals surface area (Å²) in [6, 6.07) is 19.0. The van der Waals surface area contributed by atoms with E-state index in [1.165, 1.54) is 0 Å². The predicted molar refractivity (Wildman–Crippen MR) is 109 cm³/mol. The van der Waals surface area contributed by atoms with Gasteiger partial charge in [0.25, 0.3) is 0 Å². The van der Waals surface area contributed by atoms with Crippen molar-refractivity contribution in [3.63, 3.8) is 0 Å². The quantitative estimate of drug-likeness (QED) is 0.505. The Morgan fingerprint density at radius 2 is 1.75 bits per heavy atom. The van der Waals surface area contributed by atoms with Gasteiger partial charge < -0.3 is 9.30 Å². The average Bonchev–Trinajstić information content (AvgIpc) is 2.75. The molecule has 4 rings (SSSR count). The van der Waals surface area contributed by atoms with Crippen molar-refractivity contribution >= 4 is 16.9 Å². The number of fused-ring (bicyclic) bond motifs is 1. The van der Waals surface area contributed by atoms with Crippen LogP contribution in [0.15, 0.2) is 84.0 Å². The lowest BCUT2D eigenvalue weighted by Crippen LogP contribution is -2.20. The lowest BCUT2D eigenvalue weighted by atomic mass is 10.0. The highest BCUT2D eigenvalue weighted by molar-refractivity contribution is 5.95. The van der Waals surface area contributed by atoms with E-state index in [1.807, 2.05) is 59.2 Å². The summed E-state index contributed by atoms with van der Waals surface area (Å²) in [5.41, 5.74) is 3.22. The highest BCUT2D eigenvalue weighted by Crippen LogP contribution is 2.25. The third kappa shape index (κ3) is 3.18. The number of rotatable bonds is 4. The number of carbonyl (C=O) groups excluding carboxylic acids is 1. The van der Waals surface area contributed by atoms with Gasteiger partial charge in [-0.25, -0.2) is 4.79 Å². The number of para-hydroxylation sites is 1. The van der Waals surface area contributed by atoms with Crippen molar-refractivity contribution in [1.82, 2.24) is 9.55 Å². The van der Waals surface area contributed by atoms with Crippen molar-refractivity contribution in [2.75, 3.05) is 6.61 Å². The zero-order chi connectivity index (χ0) is 19.5. The molecule has 0 atom stereocenters. The summed E-state index contributed by atoms with van der Waals surface area (Å²) in [6.07, 6.45) is 5.02. The zero-order valence-electron chi connectivity index (χ0n) is 15.3. The average molecular weight is 370 g/mol. The van der Waals surface area contributed by atoms with Crippen LogP contribution in [0.4, 0.5) is 0 Å². The van der Waals surface area contributed by atoms with Gasteiger partial charge in [-0.05, 0) is 54.4 Å². The topological polar surface area (TPSA) is 61.2 Å². The maximum Gasteiger partial charge on any atom is 0.343 e. The molecule has 0 amide bonds. The minimum absolute atomic E-state index is 0.0230. The van der Waals surface area contributed by atoms with E-state index in [0.29, 0.717) is 5.39 Å². The number of ether oxygens (including phenoxy) is 1. The van der Waals surface area contributed by atoms with Crippen LogP contribution in [0.3, 0.4) is 0 Å². The molecule has 0 saturated heterocycles. The molecular formula is C23H18N2O3. The fourth-order valence-electron chi connectivity index (χ4n) is 3.21. The van der Waals surface area contributed by atoms with Crippen LogP contribution in [0, 0.1) is 0 Å². The highest BCUT2D eigenvalue weighted by atomic mass is 16.5. The lowest BCUT2D eigenvalue weighted by molar-refractivity contribution is 0.0524. The molecule has 0 aliphatic carbocycles. The Bertz CT molecular complexity index is 1200. The molecule has 0 N–H and O–H groups in total. The monoisotopic (exact) mass is 370 g/mol. The van der Waals surface area contributed by atoms with E-state index in [1.54, 1.807) is 31.6 Å². The van der Waals surface area contributed by atoms with Gasteiger partial charge in [0, 0.05) is 29.7 Å². The van der Waals surface area contributed by atoms with Gasteiger partial charge in [0.1, 0.15) is 5.56 Å². The molecule has 5 heteroatoms. The van der Waals surface area contributed by atoms with Crippen molar-refractivity contribution in [2.24, 2.45) is 0 Å². The number of hydrogen-bond donors (Lipinski definition) is 0. The number of benzene rings is 2. The summed E-state index contributed by atoms with van der Waals surface area (Å²) in [4.78, 5) is 29.3. The standard InChI is InChI=1S/C23H18N2O3/c1-2-28-23(27)20-15-25(18-6-4-3-5-7-18)21-14-17(8-9-19(21)22(20)26)16-10-12-24-13-11-16/h3-15H,2H2,1H3.